The molecule has 0 bridgehead atoms. The molecule has 4 rings (SSSR count). The first-order valence-corrected chi connectivity index (χ1v) is 11.4. The van der Waals surface area contributed by atoms with Crippen LogP contribution in [0.15, 0.2) is 54.6 Å². The Hall–Kier alpha value is -4.38. The van der Waals surface area contributed by atoms with Crippen LogP contribution in [0, 0.1) is 10.1 Å². The van der Waals surface area contributed by atoms with E-state index in [9.17, 15) is 29.3 Å². The molecule has 0 atom stereocenters. The molecule has 178 valence electrons. The van der Waals surface area contributed by atoms with E-state index in [1.165, 1.54) is 24.3 Å². The number of hydrogen-bond acceptors (Lipinski definition) is 8. The van der Waals surface area contributed by atoms with Crippen molar-refractivity contribution < 1.29 is 28.8 Å². The van der Waals surface area contributed by atoms with E-state index in [0.717, 1.165) is 16.2 Å². The lowest BCUT2D eigenvalue weighted by molar-refractivity contribution is -0.385. The highest BCUT2D eigenvalue weighted by molar-refractivity contribution is 7.16. The van der Waals surface area contributed by atoms with Gasteiger partial charge in [-0.05, 0) is 25.1 Å². The van der Waals surface area contributed by atoms with E-state index in [4.69, 9.17) is 4.74 Å². The number of esters is 1. The summed E-state index contributed by atoms with van der Waals surface area (Å²) in [5.41, 5.74) is 0.705. The van der Waals surface area contributed by atoms with Gasteiger partial charge >= 0.3 is 5.97 Å². The maximum atomic E-state index is 12.7. The second-order valence-electron chi connectivity index (χ2n) is 7.53. The lowest BCUT2D eigenvalue weighted by Gasteiger charge is -2.12. The van der Waals surface area contributed by atoms with Gasteiger partial charge in [-0.1, -0.05) is 30.3 Å². The Morgan fingerprint density at radius 1 is 1.06 bits per heavy atom. The van der Waals surface area contributed by atoms with Gasteiger partial charge in [-0.3, -0.25) is 29.4 Å². The van der Waals surface area contributed by atoms with Gasteiger partial charge in [0, 0.05) is 16.5 Å². The smallest absolute Gasteiger partial charge is 0.341 e. The predicted octanol–water partition coefficient (Wildman–Crippen LogP) is 3.81. The van der Waals surface area contributed by atoms with Crippen LogP contribution in [-0.4, -0.2) is 40.1 Å². The molecule has 2 aromatic carbocycles. The van der Waals surface area contributed by atoms with Crippen LogP contribution in [0.25, 0.3) is 0 Å². The van der Waals surface area contributed by atoms with E-state index in [2.05, 4.69) is 5.32 Å². The van der Waals surface area contributed by atoms with Gasteiger partial charge in [0.2, 0.25) is 5.91 Å². The van der Waals surface area contributed by atoms with Crippen LogP contribution in [0.4, 0.5) is 10.7 Å². The zero-order valence-corrected chi connectivity index (χ0v) is 19.3. The summed E-state index contributed by atoms with van der Waals surface area (Å²) in [5, 5.41) is 14.0. The molecular formula is C24H19N3O7S. The molecule has 10 nitrogen and oxygen atoms in total. The lowest BCUT2D eigenvalue weighted by atomic mass is 10.1. The van der Waals surface area contributed by atoms with Crippen molar-refractivity contribution in [1.82, 2.24) is 4.90 Å². The number of nitro groups is 1. The highest BCUT2D eigenvalue weighted by Crippen LogP contribution is 2.32. The minimum Gasteiger partial charge on any atom is -0.462 e. The summed E-state index contributed by atoms with van der Waals surface area (Å²) >= 11 is 1.02. The molecule has 1 aliphatic rings. The summed E-state index contributed by atoms with van der Waals surface area (Å²) in [6.45, 7) is 1.65. The van der Waals surface area contributed by atoms with Gasteiger partial charge in [0.05, 0.1) is 41.2 Å². The third-order valence-electron chi connectivity index (χ3n) is 5.26. The Morgan fingerprint density at radius 2 is 1.69 bits per heavy atom. The third kappa shape index (κ3) is 4.80. The Balaban J connectivity index is 1.57. The number of thiophene rings is 1. The number of nitrogens with zero attached hydrogens (tertiary/aromatic N) is 2. The van der Waals surface area contributed by atoms with Gasteiger partial charge in [0.1, 0.15) is 5.00 Å². The van der Waals surface area contributed by atoms with E-state index in [0.29, 0.717) is 16.0 Å². The molecule has 0 fully saturated rings. The number of carbonyl (C=O) groups excluding carboxylic acids is 4. The molecule has 11 heteroatoms. The highest BCUT2D eigenvalue weighted by atomic mass is 32.1. The standard InChI is InChI=1S/C24H19N3O7S/c1-2-34-24(31)18-12-15(13-26-22(29)16-8-4-5-9-17(16)23(26)30)35-21(18)25-20(28)11-14-7-3-6-10-19(14)27(32)33/h3-10,12H,2,11,13H2,1H3,(H,25,28). The second-order valence-corrected chi connectivity index (χ2v) is 8.67. The fourth-order valence-electron chi connectivity index (χ4n) is 3.69. The molecular weight excluding hydrogens is 474 g/mol. The maximum Gasteiger partial charge on any atom is 0.341 e. The summed E-state index contributed by atoms with van der Waals surface area (Å²) in [7, 11) is 0. The molecule has 0 unspecified atom stereocenters. The molecule has 0 saturated heterocycles. The number of anilines is 1. The minimum atomic E-state index is -0.682. The Kier molecular flexibility index (Phi) is 6.69. The number of rotatable bonds is 8. The highest BCUT2D eigenvalue weighted by Gasteiger charge is 2.35. The average Bonchev–Trinajstić information content (AvgIpc) is 3.34. The summed E-state index contributed by atoms with van der Waals surface area (Å²) < 4.78 is 5.07. The second kappa shape index (κ2) is 9.85. The van der Waals surface area contributed by atoms with Crippen LogP contribution in [-0.2, 0) is 22.5 Å². The van der Waals surface area contributed by atoms with E-state index < -0.39 is 28.6 Å². The summed E-state index contributed by atoms with van der Waals surface area (Å²) in [6.07, 6.45) is -0.287. The van der Waals surface area contributed by atoms with Crippen LogP contribution >= 0.6 is 11.3 Å². The number of para-hydroxylation sites is 1. The van der Waals surface area contributed by atoms with E-state index in [-0.39, 0.29) is 41.4 Å². The summed E-state index contributed by atoms with van der Waals surface area (Å²) in [6, 6.07) is 13.8. The zero-order valence-electron chi connectivity index (χ0n) is 18.5. The van der Waals surface area contributed by atoms with Crippen LogP contribution < -0.4 is 5.32 Å². The average molecular weight is 493 g/mol. The van der Waals surface area contributed by atoms with Gasteiger partial charge in [0.15, 0.2) is 0 Å². The molecule has 0 radical (unpaired) electrons. The Morgan fingerprint density at radius 3 is 2.31 bits per heavy atom. The first-order chi connectivity index (χ1) is 16.8. The number of carbonyl (C=O) groups is 4. The van der Waals surface area contributed by atoms with Crippen molar-refractivity contribution in [3.05, 3.63) is 91.8 Å². The molecule has 0 spiro atoms. The normalized spacial score (nSPS) is 12.4. The van der Waals surface area contributed by atoms with Crippen molar-refractivity contribution in [2.24, 2.45) is 0 Å². The molecule has 1 N–H and O–H groups in total. The van der Waals surface area contributed by atoms with Gasteiger partial charge in [-0.15, -0.1) is 11.3 Å². The maximum absolute atomic E-state index is 12.7. The Bertz CT molecular complexity index is 1330. The van der Waals surface area contributed by atoms with E-state index in [1.807, 2.05) is 0 Å². The number of nitro benzene ring substituents is 1. The van der Waals surface area contributed by atoms with Crippen molar-refractivity contribution in [1.29, 1.82) is 0 Å². The monoisotopic (exact) mass is 493 g/mol. The topological polar surface area (TPSA) is 136 Å². The van der Waals surface area contributed by atoms with Crippen LogP contribution in [0.5, 0.6) is 0 Å². The molecule has 3 aromatic rings. The predicted molar refractivity (Wildman–Crippen MR) is 126 cm³/mol. The Labute approximate surface area is 203 Å². The molecule has 0 saturated carbocycles. The van der Waals surface area contributed by atoms with Crippen molar-refractivity contribution in [2.45, 2.75) is 19.9 Å². The number of ether oxygens (including phenoxy) is 1. The fraction of sp³-hybridized carbons (Fsp3) is 0.167. The fourth-order valence-corrected chi connectivity index (χ4v) is 4.74. The molecule has 0 aliphatic carbocycles. The van der Waals surface area contributed by atoms with Crippen molar-refractivity contribution in [3.63, 3.8) is 0 Å². The van der Waals surface area contributed by atoms with Gasteiger partial charge in [0.25, 0.3) is 17.5 Å². The molecule has 35 heavy (non-hydrogen) atoms. The van der Waals surface area contributed by atoms with Gasteiger partial charge < -0.3 is 10.1 Å². The SMILES string of the molecule is CCOC(=O)c1cc(CN2C(=O)c3ccccc3C2=O)sc1NC(=O)Cc1ccccc1[N+](=O)[O-]. The van der Waals surface area contributed by atoms with Crippen molar-refractivity contribution >= 4 is 45.7 Å². The number of benzene rings is 2. The number of fused-ring (bicyclic) bond motifs is 1. The van der Waals surface area contributed by atoms with Crippen molar-refractivity contribution in [2.75, 3.05) is 11.9 Å². The number of imide groups is 1. The van der Waals surface area contributed by atoms with Crippen LogP contribution in [0.3, 0.4) is 0 Å². The number of hydrogen-bond donors (Lipinski definition) is 1. The molecule has 3 amide bonds. The van der Waals surface area contributed by atoms with Gasteiger partial charge in [-0.2, -0.15) is 0 Å². The quantitative estimate of drug-likeness (QED) is 0.218. The third-order valence-corrected chi connectivity index (χ3v) is 6.30. The van der Waals surface area contributed by atoms with Crippen LogP contribution in [0.1, 0.15) is 48.4 Å². The van der Waals surface area contributed by atoms with E-state index >= 15 is 0 Å². The van der Waals surface area contributed by atoms with Gasteiger partial charge in [-0.25, -0.2) is 4.79 Å². The number of amides is 3. The van der Waals surface area contributed by atoms with Crippen LogP contribution in [0.2, 0.25) is 0 Å². The lowest BCUT2D eigenvalue weighted by Crippen LogP contribution is -2.28. The number of nitrogens with one attached hydrogen (secondary N) is 1. The van der Waals surface area contributed by atoms with E-state index in [1.54, 1.807) is 37.3 Å². The van der Waals surface area contributed by atoms with Crippen molar-refractivity contribution in [3.8, 4) is 0 Å². The minimum absolute atomic E-state index is 0.0689. The molecule has 1 aromatic heterocycles. The largest absolute Gasteiger partial charge is 0.462 e. The summed E-state index contributed by atoms with van der Waals surface area (Å²) in [5.74, 6) is -2.14. The first-order valence-electron chi connectivity index (χ1n) is 10.6. The first kappa shape index (κ1) is 23.8. The molecule has 1 aliphatic heterocycles. The zero-order chi connectivity index (χ0) is 25.1. The summed E-state index contributed by atoms with van der Waals surface area (Å²) in [4.78, 5) is 62.8. The molecule has 2 heterocycles.